The molecule has 0 aromatic carbocycles. The number of aliphatic hydroxyl groups is 2. The topological polar surface area (TPSA) is 221 Å². The van der Waals surface area contributed by atoms with Crippen molar-refractivity contribution < 1.29 is 39.3 Å². The maximum Gasteiger partial charge on any atom is 0.328 e. The molecule has 0 saturated carbocycles. The number of aromatic nitrogens is 2. The molecule has 0 radical (unpaired) electrons. The number of hydrogen-bond donors (Lipinski definition) is 7. The van der Waals surface area contributed by atoms with E-state index in [0.29, 0.717) is 0 Å². The summed E-state index contributed by atoms with van der Waals surface area (Å²) in [4.78, 5) is 37.9. The lowest BCUT2D eigenvalue weighted by Gasteiger charge is -2.20. The highest BCUT2D eigenvalue weighted by Crippen LogP contribution is 2.19. The average Bonchev–Trinajstić information content (AvgIpc) is 3.06. The SMILES string of the molecule is CC(O)[C@H](NC(=O)N[C@@H](CCC(=O)O)c1nc([C@@H](N)CCO)no1)C(=O)O. The van der Waals surface area contributed by atoms with E-state index < -0.39 is 42.2 Å². The molecule has 13 heteroatoms. The number of urea groups is 1. The number of nitrogens with one attached hydrogen (secondary N) is 2. The van der Waals surface area contributed by atoms with Crippen molar-refractivity contribution in [2.24, 2.45) is 5.73 Å². The lowest BCUT2D eigenvalue weighted by atomic mass is 10.1. The van der Waals surface area contributed by atoms with Gasteiger partial charge in [-0.3, -0.25) is 4.79 Å². The Morgan fingerprint density at radius 2 is 1.89 bits per heavy atom. The Kier molecular flexibility index (Phi) is 8.58. The van der Waals surface area contributed by atoms with Crippen molar-refractivity contribution in [1.82, 2.24) is 20.8 Å². The van der Waals surface area contributed by atoms with Gasteiger partial charge >= 0.3 is 18.0 Å². The van der Waals surface area contributed by atoms with Crippen LogP contribution in [0.15, 0.2) is 4.52 Å². The molecule has 27 heavy (non-hydrogen) atoms. The second-order valence-electron chi connectivity index (χ2n) is 5.77. The molecule has 13 nitrogen and oxygen atoms in total. The van der Waals surface area contributed by atoms with Gasteiger partial charge in [-0.05, 0) is 19.8 Å². The predicted molar refractivity (Wildman–Crippen MR) is 87.3 cm³/mol. The molecule has 2 amide bonds. The maximum atomic E-state index is 12.0. The number of aliphatic hydroxyl groups excluding tert-OH is 2. The third-order valence-corrected chi connectivity index (χ3v) is 3.51. The van der Waals surface area contributed by atoms with Crippen LogP contribution in [-0.4, -0.2) is 67.3 Å². The van der Waals surface area contributed by atoms with E-state index in [1.807, 2.05) is 0 Å². The van der Waals surface area contributed by atoms with Crippen molar-refractivity contribution in [3.8, 4) is 0 Å². The molecule has 8 N–H and O–H groups in total. The Morgan fingerprint density at radius 1 is 1.22 bits per heavy atom. The molecule has 1 aromatic heterocycles. The van der Waals surface area contributed by atoms with Crippen LogP contribution in [0.5, 0.6) is 0 Å². The molecule has 1 rings (SSSR count). The lowest BCUT2D eigenvalue weighted by Crippen LogP contribution is -2.51. The van der Waals surface area contributed by atoms with Crippen LogP contribution in [0.25, 0.3) is 0 Å². The van der Waals surface area contributed by atoms with E-state index in [1.54, 1.807) is 0 Å². The maximum absolute atomic E-state index is 12.0. The molecule has 0 saturated heterocycles. The minimum atomic E-state index is -1.57. The van der Waals surface area contributed by atoms with Gasteiger partial charge in [-0.15, -0.1) is 0 Å². The molecule has 0 spiro atoms. The van der Waals surface area contributed by atoms with E-state index in [0.717, 1.165) is 0 Å². The fourth-order valence-corrected chi connectivity index (χ4v) is 2.06. The molecule has 0 aliphatic carbocycles. The number of amides is 2. The zero-order valence-corrected chi connectivity index (χ0v) is 14.5. The van der Waals surface area contributed by atoms with E-state index >= 15 is 0 Å². The van der Waals surface area contributed by atoms with Gasteiger partial charge in [-0.25, -0.2) is 9.59 Å². The monoisotopic (exact) mass is 389 g/mol. The zero-order valence-electron chi connectivity index (χ0n) is 14.5. The highest BCUT2D eigenvalue weighted by Gasteiger charge is 2.28. The van der Waals surface area contributed by atoms with E-state index in [4.69, 9.17) is 25.6 Å². The zero-order chi connectivity index (χ0) is 20.6. The molecular weight excluding hydrogens is 366 g/mol. The summed E-state index contributed by atoms with van der Waals surface area (Å²) in [5, 5.41) is 44.1. The van der Waals surface area contributed by atoms with Crippen LogP contribution in [0, 0.1) is 0 Å². The van der Waals surface area contributed by atoms with Crippen LogP contribution in [0.2, 0.25) is 0 Å². The number of nitrogens with zero attached hydrogens (tertiary/aromatic N) is 2. The van der Waals surface area contributed by atoms with Crippen LogP contribution in [0.4, 0.5) is 4.79 Å². The highest BCUT2D eigenvalue weighted by molar-refractivity contribution is 5.83. The molecule has 0 aliphatic rings. The van der Waals surface area contributed by atoms with Crippen molar-refractivity contribution >= 4 is 18.0 Å². The van der Waals surface area contributed by atoms with E-state index in [2.05, 4.69) is 20.8 Å². The van der Waals surface area contributed by atoms with Gasteiger partial charge in [-0.2, -0.15) is 4.98 Å². The van der Waals surface area contributed by atoms with Gasteiger partial charge in [0.2, 0.25) is 5.89 Å². The molecule has 4 atom stereocenters. The van der Waals surface area contributed by atoms with Crippen molar-refractivity contribution in [2.45, 2.75) is 50.4 Å². The van der Waals surface area contributed by atoms with Gasteiger partial charge in [0.15, 0.2) is 11.9 Å². The van der Waals surface area contributed by atoms with Crippen molar-refractivity contribution in [3.63, 3.8) is 0 Å². The smallest absolute Gasteiger partial charge is 0.328 e. The van der Waals surface area contributed by atoms with Crippen LogP contribution < -0.4 is 16.4 Å². The Bertz CT molecular complexity index is 649. The summed E-state index contributed by atoms with van der Waals surface area (Å²) in [6, 6.07) is -4.29. The minimum absolute atomic E-state index is 0.0639. The van der Waals surface area contributed by atoms with Gasteiger partial charge < -0.3 is 41.3 Å². The molecule has 0 fully saturated rings. The predicted octanol–water partition coefficient (Wildman–Crippen LogP) is -1.51. The van der Waals surface area contributed by atoms with Crippen LogP contribution in [0.3, 0.4) is 0 Å². The van der Waals surface area contributed by atoms with E-state index in [-0.39, 0.29) is 37.6 Å². The molecule has 0 bridgehead atoms. The number of nitrogens with two attached hydrogens (primary N) is 1. The quantitative estimate of drug-likeness (QED) is 0.230. The van der Waals surface area contributed by atoms with Gasteiger partial charge in [-0.1, -0.05) is 5.16 Å². The number of hydrogen-bond acceptors (Lipinski definition) is 9. The molecule has 1 unspecified atom stereocenters. The standard InChI is InChI=1S/C14H23N5O8/c1-6(21)10(13(24)25)17-14(26)16-8(2-3-9(22)23)12-18-11(19-27-12)7(15)4-5-20/h6-8,10,20-21H,2-5,15H2,1H3,(H,22,23)(H,24,25)(H2,16,17,26)/t6?,7-,8-,10-/m0/s1. The van der Waals surface area contributed by atoms with Gasteiger partial charge in [0.25, 0.3) is 0 Å². The third kappa shape index (κ3) is 7.16. The first-order chi connectivity index (χ1) is 12.6. The fourth-order valence-electron chi connectivity index (χ4n) is 2.06. The van der Waals surface area contributed by atoms with Gasteiger partial charge in [0.05, 0.1) is 12.1 Å². The second-order valence-corrected chi connectivity index (χ2v) is 5.77. The Hall–Kier alpha value is -2.77. The molecule has 0 aliphatic heterocycles. The number of carbonyl (C=O) groups excluding carboxylic acids is 1. The Balaban J connectivity index is 2.89. The summed E-state index contributed by atoms with van der Waals surface area (Å²) in [6.45, 7) is 0.984. The average molecular weight is 389 g/mol. The molecule has 152 valence electrons. The minimum Gasteiger partial charge on any atom is -0.481 e. The van der Waals surface area contributed by atoms with E-state index in [9.17, 15) is 19.5 Å². The van der Waals surface area contributed by atoms with Crippen LogP contribution in [-0.2, 0) is 9.59 Å². The second kappa shape index (κ2) is 10.4. The third-order valence-electron chi connectivity index (χ3n) is 3.51. The summed E-state index contributed by atoms with van der Waals surface area (Å²) in [5.74, 6) is -2.64. The summed E-state index contributed by atoms with van der Waals surface area (Å²) in [7, 11) is 0. The summed E-state index contributed by atoms with van der Waals surface area (Å²) < 4.78 is 5.00. The first-order valence-electron chi connectivity index (χ1n) is 8.05. The van der Waals surface area contributed by atoms with E-state index in [1.165, 1.54) is 6.92 Å². The number of carboxylic acid groups (broad SMARTS) is 2. The Labute approximate surface area is 153 Å². The first-order valence-corrected chi connectivity index (χ1v) is 8.05. The first kappa shape index (κ1) is 22.3. The normalized spacial score (nSPS) is 15.4. The number of carbonyl (C=O) groups is 3. The van der Waals surface area contributed by atoms with Crippen molar-refractivity contribution in [3.05, 3.63) is 11.7 Å². The lowest BCUT2D eigenvalue weighted by molar-refractivity contribution is -0.141. The van der Waals surface area contributed by atoms with Gasteiger partial charge in [0, 0.05) is 13.0 Å². The molecular formula is C14H23N5O8. The Morgan fingerprint density at radius 3 is 2.41 bits per heavy atom. The number of carboxylic acids is 2. The largest absolute Gasteiger partial charge is 0.481 e. The summed E-state index contributed by atoms with van der Waals surface area (Å²) >= 11 is 0. The summed E-state index contributed by atoms with van der Waals surface area (Å²) in [5.41, 5.74) is 5.74. The highest BCUT2D eigenvalue weighted by atomic mass is 16.5. The van der Waals surface area contributed by atoms with Crippen molar-refractivity contribution in [2.75, 3.05) is 6.61 Å². The van der Waals surface area contributed by atoms with Crippen LogP contribution >= 0.6 is 0 Å². The van der Waals surface area contributed by atoms with Gasteiger partial charge in [0.1, 0.15) is 6.04 Å². The molecule has 1 aromatic rings. The number of aliphatic carboxylic acids is 2. The van der Waals surface area contributed by atoms with Crippen molar-refractivity contribution in [1.29, 1.82) is 0 Å². The number of rotatable bonds is 11. The van der Waals surface area contributed by atoms with Crippen LogP contribution in [0.1, 0.15) is 50.0 Å². The fraction of sp³-hybridized carbons (Fsp3) is 0.643. The summed E-state index contributed by atoms with van der Waals surface area (Å²) in [6.07, 6.45) is -1.66. The molecule has 1 heterocycles.